The molecule has 3 nitrogen and oxygen atoms in total. The summed E-state index contributed by atoms with van der Waals surface area (Å²) in [5, 5.41) is 8.79. The molecule has 0 fully saturated rings. The van der Waals surface area contributed by atoms with Gasteiger partial charge >= 0.3 is 0 Å². The topological polar surface area (TPSA) is 23.5 Å². The SMILES string of the molecule is CC(C)(CC[N+](C)(C)CCCO)N(Cl)Cl.[Cl-]. The molecule has 0 aromatic carbocycles. The zero-order valence-corrected chi connectivity index (χ0v) is 12.8. The predicted molar refractivity (Wildman–Crippen MR) is 65.8 cm³/mol. The van der Waals surface area contributed by atoms with Crippen LogP contribution in [0.25, 0.3) is 0 Å². The van der Waals surface area contributed by atoms with E-state index in [2.05, 4.69) is 14.1 Å². The number of hydrogen-bond acceptors (Lipinski definition) is 2. The molecule has 0 amide bonds. The van der Waals surface area contributed by atoms with Crippen LogP contribution in [0.4, 0.5) is 0 Å². The van der Waals surface area contributed by atoms with Crippen molar-refractivity contribution in [3.8, 4) is 0 Å². The third kappa shape index (κ3) is 7.93. The second-order valence-corrected chi connectivity index (χ2v) is 6.10. The van der Waals surface area contributed by atoms with Crippen LogP contribution < -0.4 is 12.4 Å². The molecule has 0 atom stereocenters. The van der Waals surface area contributed by atoms with Crippen molar-refractivity contribution < 1.29 is 22.0 Å². The van der Waals surface area contributed by atoms with Crippen LogP contribution in [0.5, 0.6) is 0 Å². The van der Waals surface area contributed by atoms with Gasteiger partial charge in [0.15, 0.2) is 0 Å². The smallest absolute Gasteiger partial charge is 0.0804 e. The standard InChI is InChI=1S/C10H23Cl2N2O.ClH/c1-10(2,13(11)12)6-8-14(3,4)7-5-9-15;/h15H,5-9H2,1-4H3;1H/q+1;/p-1. The summed E-state index contributed by atoms with van der Waals surface area (Å²) in [5.41, 5.74) is -0.210. The van der Waals surface area contributed by atoms with Gasteiger partial charge in [0.2, 0.25) is 0 Å². The van der Waals surface area contributed by atoms with Gasteiger partial charge in [-0.05, 0) is 37.4 Å². The van der Waals surface area contributed by atoms with Gasteiger partial charge in [0, 0.05) is 19.4 Å². The van der Waals surface area contributed by atoms with Gasteiger partial charge in [-0.25, -0.2) is 0 Å². The van der Waals surface area contributed by atoms with Crippen molar-refractivity contribution in [2.45, 2.75) is 32.2 Å². The van der Waals surface area contributed by atoms with E-state index < -0.39 is 0 Å². The molecule has 0 radical (unpaired) electrons. The van der Waals surface area contributed by atoms with E-state index in [0.717, 1.165) is 30.4 Å². The molecule has 0 saturated heterocycles. The highest BCUT2D eigenvalue weighted by molar-refractivity contribution is 6.34. The lowest BCUT2D eigenvalue weighted by Crippen LogP contribution is -3.00. The Balaban J connectivity index is 0. The largest absolute Gasteiger partial charge is 1.00 e. The second kappa shape index (κ2) is 7.96. The zero-order chi connectivity index (χ0) is 12.1. The Hall–Kier alpha value is 0.750. The fourth-order valence-electron chi connectivity index (χ4n) is 1.27. The van der Waals surface area contributed by atoms with E-state index >= 15 is 0 Å². The van der Waals surface area contributed by atoms with Crippen LogP contribution in [0.2, 0.25) is 0 Å². The Bertz CT molecular complexity index is 187. The molecule has 0 aliphatic rings. The average molecular weight is 294 g/mol. The molecular formula is C10H23Cl3N2O. The molecule has 0 aliphatic carbocycles. The minimum atomic E-state index is -0.210. The lowest BCUT2D eigenvalue weighted by molar-refractivity contribution is -0.891. The molecule has 16 heavy (non-hydrogen) atoms. The molecule has 0 aromatic rings. The van der Waals surface area contributed by atoms with Crippen molar-refractivity contribution in [1.82, 2.24) is 3.94 Å². The normalized spacial score (nSPS) is 12.8. The zero-order valence-electron chi connectivity index (χ0n) is 10.5. The molecule has 0 saturated carbocycles. The fourth-order valence-corrected chi connectivity index (χ4v) is 1.44. The Labute approximate surface area is 116 Å². The van der Waals surface area contributed by atoms with E-state index in [1.54, 1.807) is 0 Å². The molecule has 0 aromatic heterocycles. The van der Waals surface area contributed by atoms with Crippen molar-refractivity contribution in [2.24, 2.45) is 0 Å². The minimum absolute atomic E-state index is 0. The molecule has 0 heterocycles. The van der Waals surface area contributed by atoms with Gasteiger partial charge < -0.3 is 22.0 Å². The molecule has 0 unspecified atom stereocenters. The Morgan fingerprint density at radius 3 is 2.06 bits per heavy atom. The first-order valence-electron chi connectivity index (χ1n) is 5.26. The third-order valence-corrected chi connectivity index (χ3v) is 3.62. The van der Waals surface area contributed by atoms with E-state index in [0.29, 0.717) is 0 Å². The van der Waals surface area contributed by atoms with E-state index in [1.165, 1.54) is 3.94 Å². The number of nitrogens with zero attached hydrogens (tertiary/aromatic N) is 2. The predicted octanol–water partition coefficient (Wildman–Crippen LogP) is -0.772. The summed E-state index contributed by atoms with van der Waals surface area (Å²) in [4.78, 5) is 0. The van der Waals surface area contributed by atoms with Gasteiger partial charge in [-0.3, -0.25) is 0 Å². The second-order valence-electron chi connectivity index (χ2n) is 5.26. The first kappa shape index (κ1) is 19.1. The van der Waals surface area contributed by atoms with Gasteiger partial charge in [-0.15, -0.1) is 3.94 Å². The van der Waals surface area contributed by atoms with Gasteiger partial charge in [-0.1, -0.05) is 0 Å². The summed E-state index contributed by atoms with van der Waals surface area (Å²) in [6, 6.07) is 0. The van der Waals surface area contributed by atoms with Crippen LogP contribution in [0.3, 0.4) is 0 Å². The Morgan fingerprint density at radius 1 is 1.19 bits per heavy atom. The van der Waals surface area contributed by atoms with Gasteiger partial charge in [-0.2, -0.15) is 0 Å². The van der Waals surface area contributed by atoms with Crippen LogP contribution in [0, 0.1) is 0 Å². The van der Waals surface area contributed by atoms with Crippen LogP contribution in [0.15, 0.2) is 0 Å². The van der Waals surface area contributed by atoms with Crippen molar-refractivity contribution in [3.05, 3.63) is 0 Å². The molecule has 0 bridgehead atoms. The summed E-state index contributed by atoms with van der Waals surface area (Å²) in [6.07, 6.45) is 1.75. The highest BCUT2D eigenvalue weighted by Crippen LogP contribution is 2.24. The van der Waals surface area contributed by atoms with Crippen LogP contribution >= 0.6 is 23.6 Å². The number of halogens is 3. The Kier molecular flexibility index (Phi) is 9.50. The molecule has 0 aliphatic heterocycles. The molecule has 1 N–H and O–H groups in total. The maximum atomic E-state index is 8.79. The van der Waals surface area contributed by atoms with Crippen LogP contribution in [0.1, 0.15) is 26.7 Å². The lowest BCUT2D eigenvalue weighted by atomic mass is 10.0. The van der Waals surface area contributed by atoms with Crippen molar-refractivity contribution in [2.75, 3.05) is 33.8 Å². The van der Waals surface area contributed by atoms with E-state index in [1.807, 2.05) is 13.8 Å². The van der Waals surface area contributed by atoms with E-state index in [9.17, 15) is 0 Å². The first-order chi connectivity index (χ1) is 6.71. The molecule has 100 valence electrons. The number of rotatable bonds is 7. The fraction of sp³-hybridized carbons (Fsp3) is 1.00. The Morgan fingerprint density at radius 2 is 1.69 bits per heavy atom. The van der Waals surface area contributed by atoms with Gasteiger partial charge in [0.05, 0.1) is 32.7 Å². The monoisotopic (exact) mass is 292 g/mol. The number of aliphatic hydroxyl groups is 1. The summed E-state index contributed by atoms with van der Waals surface area (Å²) in [5.74, 6) is 0. The molecule has 0 spiro atoms. The summed E-state index contributed by atoms with van der Waals surface area (Å²) >= 11 is 11.5. The highest BCUT2D eigenvalue weighted by atomic mass is 35.5. The molecular weight excluding hydrogens is 270 g/mol. The maximum Gasteiger partial charge on any atom is 0.0804 e. The lowest BCUT2D eigenvalue weighted by Gasteiger charge is -2.34. The van der Waals surface area contributed by atoms with E-state index in [-0.39, 0.29) is 24.6 Å². The number of quaternary nitrogens is 1. The van der Waals surface area contributed by atoms with Crippen molar-refractivity contribution >= 4 is 23.6 Å². The summed E-state index contributed by atoms with van der Waals surface area (Å²) in [7, 11) is 4.30. The quantitative estimate of drug-likeness (QED) is 0.492. The molecule has 0 rings (SSSR count). The third-order valence-electron chi connectivity index (χ3n) is 2.71. The van der Waals surface area contributed by atoms with Gasteiger partial charge in [0.25, 0.3) is 0 Å². The minimum Gasteiger partial charge on any atom is -1.00 e. The molecule has 6 heteroatoms. The van der Waals surface area contributed by atoms with Gasteiger partial charge in [0.1, 0.15) is 0 Å². The average Bonchev–Trinajstić information content (AvgIpc) is 2.12. The summed E-state index contributed by atoms with van der Waals surface area (Å²) < 4.78 is 2.10. The van der Waals surface area contributed by atoms with Crippen molar-refractivity contribution in [3.63, 3.8) is 0 Å². The number of hydrogen-bond donors (Lipinski definition) is 1. The maximum absolute atomic E-state index is 8.79. The van der Waals surface area contributed by atoms with Crippen LogP contribution in [-0.4, -0.2) is 52.9 Å². The number of aliphatic hydroxyl groups excluding tert-OH is 1. The first-order valence-corrected chi connectivity index (χ1v) is 5.93. The van der Waals surface area contributed by atoms with Crippen LogP contribution in [-0.2, 0) is 0 Å². The van der Waals surface area contributed by atoms with E-state index in [4.69, 9.17) is 28.7 Å². The van der Waals surface area contributed by atoms with Crippen molar-refractivity contribution in [1.29, 1.82) is 0 Å². The highest BCUT2D eigenvalue weighted by Gasteiger charge is 2.28. The summed E-state index contributed by atoms with van der Waals surface area (Å²) in [6.45, 7) is 6.24.